The molecule has 1 saturated carbocycles. The van der Waals surface area contributed by atoms with Crippen LogP contribution < -0.4 is 4.74 Å². The summed E-state index contributed by atoms with van der Waals surface area (Å²) in [6.45, 7) is 4.77. The normalized spacial score (nSPS) is 25.8. The van der Waals surface area contributed by atoms with E-state index in [2.05, 4.69) is 4.90 Å². The molecule has 3 rings (SSSR count). The number of Topliss-reactive ketones (excluding diaryl/α,β-unsaturated/α-hetero) is 1. The Balaban J connectivity index is 1.42. The van der Waals surface area contributed by atoms with Crippen molar-refractivity contribution in [3.63, 3.8) is 0 Å². The van der Waals surface area contributed by atoms with Gasteiger partial charge in [0.2, 0.25) is 0 Å². The fraction of sp³-hybridized carbons (Fsp3) is 0.650. The van der Waals surface area contributed by atoms with Crippen molar-refractivity contribution >= 4 is 5.78 Å². The Bertz CT molecular complexity index is 542. The maximum atomic E-state index is 11.3. The SMILES string of the molecule is CC(=O)c1ccc(OC[C@H](O)CN2CC[C@H]3CCCC[C@H]3C2)cc1. The van der Waals surface area contributed by atoms with Gasteiger partial charge in [-0.05, 0) is 62.4 Å². The van der Waals surface area contributed by atoms with Crippen LogP contribution in [-0.2, 0) is 0 Å². The van der Waals surface area contributed by atoms with Gasteiger partial charge >= 0.3 is 0 Å². The van der Waals surface area contributed by atoms with E-state index in [9.17, 15) is 9.90 Å². The third kappa shape index (κ3) is 4.58. The van der Waals surface area contributed by atoms with Crippen molar-refractivity contribution in [1.82, 2.24) is 4.90 Å². The summed E-state index contributed by atoms with van der Waals surface area (Å²) in [5.41, 5.74) is 0.679. The summed E-state index contributed by atoms with van der Waals surface area (Å²) in [7, 11) is 0. The highest BCUT2D eigenvalue weighted by atomic mass is 16.5. The number of likely N-dealkylation sites (tertiary alicyclic amines) is 1. The van der Waals surface area contributed by atoms with Crippen molar-refractivity contribution < 1.29 is 14.6 Å². The van der Waals surface area contributed by atoms with Gasteiger partial charge in [0.1, 0.15) is 18.5 Å². The molecular weight excluding hydrogens is 302 g/mol. The first kappa shape index (κ1) is 17.4. The number of ether oxygens (including phenoxy) is 1. The van der Waals surface area contributed by atoms with E-state index >= 15 is 0 Å². The van der Waals surface area contributed by atoms with Gasteiger partial charge in [-0.25, -0.2) is 0 Å². The average Bonchev–Trinajstić information content (AvgIpc) is 2.60. The van der Waals surface area contributed by atoms with E-state index in [0.717, 1.165) is 24.9 Å². The maximum absolute atomic E-state index is 11.3. The zero-order valence-electron chi connectivity index (χ0n) is 14.6. The number of aliphatic hydroxyl groups excluding tert-OH is 1. The van der Waals surface area contributed by atoms with Crippen LogP contribution >= 0.6 is 0 Å². The Labute approximate surface area is 144 Å². The number of aliphatic hydroxyl groups is 1. The van der Waals surface area contributed by atoms with Crippen LogP contribution in [0.1, 0.15) is 49.4 Å². The van der Waals surface area contributed by atoms with Crippen LogP contribution in [0.4, 0.5) is 0 Å². The molecule has 0 unspecified atom stereocenters. The number of benzene rings is 1. The van der Waals surface area contributed by atoms with E-state index in [4.69, 9.17) is 4.74 Å². The Morgan fingerprint density at radius 3 is 2.62 bits per heavy atom. The number of carbonyl (C=O) groups excluding carboxylic acids is 1. The van der Waals surface area contributed by atoms with E-state index in [-0.39, 0.29) is 5.78 Å². The van der Waals surface area contributed by atoms with Gasteiger partial charge in [0, 0.05) is 18.7 Å². The number of fused-ring (bicyclic) bond motifs is 1. The summed E-state index contributed by atoms with van der Waals surface area (Å²) in [5.74, 6) is 2.50. The van der Waals surface area contributed by atoms with Gasteiger partial charge in [0.25, 0.3) is 0 Å². The number of nitrogens with zero attached hydrogens (tertiary/aromatic N) is 1. The molecular formula is C20H29NO3. The number of β-amino-alcohol motifs (C(OH)–C–C–N with tert-alkyl or cyclic N) is 1. The molecule has 0 amide bonds. The second-order valence-corrected chi connectivity index (χ2v) is 7.40. The lowest BCUT2D eigenvalue weighted by Crippen LogP contribution is -2.45. The standard InChI is InChI=1S/C20H29NO3/c1-15(22)16-6-8-20(9-7-16)24-14-19(23)13-21-11-10-17-4-2-3-5-18(17)12-21/h6-9,17-19,23H,2-5,10-14H2,1H3/t17-,18+,19-/m1/s1. The molecule has 1 aromatic rings. The van der Waals surface area contributed by atoms with Crippen molar-refractivity contribution in [2.24, 2.45) is 11.8 Å². The minimum absolute atomic E-state index is 0.0488. The van der Waals surface area contributed by atoms with Gasteiger partial charge in [-0.15, -0.1) is 0 Å². The highest BCUT2D eigenvalue weighted by molar-refractivity contribution is 5.94. The minimum Gasteiger partial charge on any atom is -0.491 e. The first-order valence-electron chi connectivity index (χ1n) is 9.26. The van der Waals surface area contributed by atoms with Gasteiger partial charge in [-0.2, -0.15) is 0 Å². The van der Waals surface area contributed by atoms with Crippen molar-refractivity contribution in [1.29, 1.82) is 0 Å². The summed E-state index contributed by atoms with van der Waals surface area (Å²) in [5, 5.41) is 10.3. The molecule has 1 aromatic carbocycles. The number of hydrogen-bond donors (Lipinski definition) is 1. The predicted molar refractivity (Wildman–Crippen MR) is 94.5 cm³/mol. The van der Waals surface area contributed by atoms with E-state index in [0.29, 0.717) is 24.5 Å². The lowest BCUT2D eigenvalue weighted by atomic mass is 9.75. The number of ketones is 1. The molecule has 4 heteroatoms. The molecule has 0 spiro atoms. The summed E-state index contributed by atoms with van der Waals surface area (Å²) < 4.78 is 5.66. The third-order valence-electron chi connectivity index (χ3n) is 5.55. The van der Waals surface area contributed by atoms with Crippen LogP contribution in [0.5, 0.6) is 5.75 Å². The molecule has 0 bridgehead atoms. The van der Waals surface area contributed by atoms with Crippen molar-refractivity contribution in [3.8, 4) is 5.75 Å². The van der Waals surface area contributed by atoms with E-state index in [1.165, 1.54) is 32.1 Å². The van der Waals surface area contributed by atoms with Crippen LogP contribution in [0, 0.1) is 11.8 Å². The molecule has 3 atom stereocenters. The van der Waals surface area contributed by atoms with Gasteiger partial charge in [-0.3, -0.25) is 4.79 Å². The molecule has 0 radical (unpaired) electrons. The first-order valence-corrected chi connectivity index (χ1v) is 9.26. The van der Waals surface area contributed by atoms with Gasteiger partial charge in [0.15, 0.2) is 5.78 Å². The van der Waals surface area contributed by atoms with Crippen LogP contribution in [-0.4, -0.2) is 48.1 Å². The third-order valence-corrected chi connectivity index (χ3v) is 5.55. The van der Waals surface area contributed by atoms with Gasteiger partial charge in [0.05, 0.1) is 0 Å². The van der Waals surface area contributed by atoms with Crippen LogP contribution in [0.25, 0.3) is 0 Å². The molecule has 132 valence electrons. The smallest absolute Gasteiger partial charge is 0.159 e. The topological polar surface area (TPSA) is 49.8 Å². The fourth-order valence-corrected chi connectivity index (χ4v) is 4.17. The lowest BCUT2D eigenvalue weighted by Gasteiger charge is -2.41. The second kappa shape index (κ2) is 8.13. The Hall–Kier alpha value is -1.39. The number of carbonyl (C=O) groups is 1. The molecule has 1 N–H and O–H groups in total. The van der Waals surface area contributed by atoms with Gasteiger partial charge in [-0.1, -0.05) is 19.3 Å². The lowest BCUT2D eigenvalue weighted by molar-refractivity contribution is 0.0281. The molecule has 24 heavy (non-hydrogen) atoms. The number of rotatable bonds is 6. The molecule has 1 heterocycles. The largest absolute Gasteiger partial charge is 0.491 e. The van der Waals surface area contributed by atoms with Crippen molar-refractivity contribution in [3.05, 3.63) is 29.8 Å². The number of hydrogen-bond acceptors (Lipinski definition) is 4. The average molecular weight is 331 g/mol. The Morgan fingerprint density at radius 1 is 1.21 bits per heavy atom. The minimum atomic E-state index is -0.474. The van der Waals surface area contributed by atoms with E-state index in [1.54, 1.807) is 31.2 Å². The van der Waals surface area contributed by atoms with E-state index < -0.39 is 6.10 Å². The highest BCUT2D eigenvalue weighted by Gasteiger charge is 2.31. The van der Waals surface area contributed by atoms with Crippen LogP contribution in [0.3, 0.4) is 0 Å². The molecule has 2 fully saturated rings. The maximum Gasteiger partial charge on any atom is 0.159 e. The zero-order chi connectivity index (χ0) is 16.9. The molecule has 2 aliphatic rings. The van der Waals surface area contributed by atoms with Crippen LogP contribution in [0.15, 0.2) is 24.3 Å². The van der Waals surface area contributed by atoms with Crippen molar-refractivity contribution in [2.75, 3.05) is 26.2 Å². The zero-order valence-corrected chi connectivity index (χ0v) is 14.6. The van der Waals surface area contributed by atoms with Crippen LogP contribution in [0.2, 0.25) is 0 Å². The summed E-state index contributed by atoms with van der Waals surface area (Å²) >= 11 is 0. The molecule has 1 aliphatic carbocycles. The summed E-state index contributed by atoms with van der Waals surface area (Å²) in [4.78, 5) is 13.7. The fourth-order valence-electron chi connectivity index (χ4n) is 4.17. The van der Waals surface area contributed by atoms with Gasteiger partial charge < -0.3 is 14.7 Å². The van der Waals surface area contributed by atoms with Crippen molar-refractivity contribution in [2.45, 2.75) is 45.1 Å². The molecule has 1 saturated heterocycles. The first-order chi connectivity index (χ1) is 11.6. The quantitative estimate of drug-likeness (QED) is 0.814. The van der Waals surface area contributed by atoms with E-state index in [1.807, 2.05) is 0 Å². The number of piperidine rings is 1. The molecule has 4 nitrogen and oxygen atoms in total. The summed E-state index contributed by atoms with van der Waals surface area (Å²) in [6, 6.07) is 7.10. The molecule has 1 aliphatic heterocycles. The monoisotopic (exact) mass is 331 g/mol. The predicted octanol–water partition coefficient (Wildman–Crippen LogP) is 3.14. The Kier molecular flexibility index (Phi) is 5.90. The molecule has 0 aromatic heterocycles. The second-order valence-electron chi connectivity index (χ2n) is 7.40. The highest BCUT2D eigenvalue weighted by Crippen LogP contribution is 2.35. The summed E-state index contributed by atoms with van der Waals surface area (Å²) in [6.07, 6.45) is 6.34. The Morgan fingerprint density at radius 2 is 1.92 bits per heavy atom.